The first-order chi connectivity index (χ1) is 9.74. The van der Waals surface area contributed by atoms with Crippen molar-refractivity contribution in [3.05, 3.63) is 0 Å². The molecule has 0 aliphatic carbocycles. The van der Waals surface area contributed by atoms with Gasteiger partial charge in [-0.25, -0.2) is 0 Å². The highest BCUT2D eigenvalue weighted by Crippen LogP contribution is 1.99. The van der Waals surface area contributed by atoms with Gasteiger partial charge in [0, 0.05) is 58.9 Å². The molecule has 20 heavy (non-hydrogen) atoms. The van der Waals surface area contributed by atoms with E-state index in [1.807, 2.05) is 0 Å². The molecule has 2 N–H and O–H groups in total. The maximum atomic E-state index is 11.8. The smallest absolute Gasteiger partial charge is 0.234 e. The summed E-state index contributed by atoms with van der Waals surface area (Å²) in [7, 11) is 2.17. The largest absolute Gasteiger partial charge is 0.355 e. The summed E-state index contributed by atoms with van der Waals surface area (Å²) in [6.45, 7) is 11.0. The average molecular weight is 283 g/mol. The van der Waals surface area contributed by atoms with Crippen LogP contribution in [-0.2, 0) is 4.79 Å². The molecule has 0 unspecified atom stereocenters. The van der Waals surface area contributed by atoms with E-state index in [0.29, 0.717) is 6.54 Å². The summed E-state index contributed by atoms with van der Waals surface area (Å²) in [5.74, 6) is 0.172. The molecule has 0 bridgehead atoms. The first kappa shape index (κ1) is 15.7. The Bertz CT molecular complexity index is 285. The molecule has 0 aromatic heterocycles. The lowest BCUT2D eigenvalue weighted by molar-refractivity contribution is -0.122. The van der Waals surface area contributed by atoms with Gasteiger partial charge < -0.3 is 20.4 Å². The third-order valence-electron chi connectivity index (χ3n) is 4.15. The average Bonchev–Trinajstić information content (AvgIpc) is 2.46. The van der Waals surface area contributed by atoms with E-state index in [1.165, 1.54) is 0 Å². The molecule has 116 valence electrons. The standard InChI is InChI=1S/C14H29N5O/c1-17-9-11-18(12-10-17)6-2-3-16-14(20)13-19-7-4-15-5-8-19/h15H,2-13H2,1H3,(H,16,20). The fourth-order valence-electron chi connectivity index (χ4n) is 2.73. The van der Waals surface area contributed by atoms with Gasteiger partial charge in [-0.3, -0.25) is 9.69 Å². The van der Waals surface area contributed by atoms with E-state index in [-0.39, 0.29) is 5.91 Å². The number of nitrogens with one attached hydrogen (secondary N) is 2. The Morgan fingerprint density at radius 3 is 2.45 bits per heavy atom. The van der Waals surface area contributed by atoms with Gasteiger partial charge >= 0.3 is 0 Å². The molecule has 6 nitrogen and oxygen atoms in total. The quantitative estimate of drug-likeness (QED) is 0.590. The number of carbonyl (C=O) groups excluding carboxylic acids is 1. The predicted molar refractivity (Wildman–Crippen MR) is 80.9 cm³/mol. The topological polar surface area (TPSA) is 50.9 Å². The molecule has 2 fully saturated rings. The number of hydrogen-bond donors (Lipinski definition) is 2. The van der Waals surface area contributed by atoms with Crippen LogP contribution in [0, 0.1) is 0 Å². The Balaban J connectivity index is 1.48. The molecule has 2 aliphatic rings. The molecule has 2 saturated heterocycles. The van der Waals surface area contributed by atoms with Gasteiger partial charge in [0.1, 0.15) is 0 Å². The third kappa shape index (κ3) is 5.75. The molecule has 2 rings (SSSR count). The number of hydrogen-bond acceptors (Lipinski definition) is 5. The zero-order chi connectivity index (χ0) is 14.2. The second-order valence-corrected chi connectivity index (χ2v) is 5.87. The van der Waals surface area contributed by atoms with Crippen LogP contribution in [0.3, 0.4) is 0 Å². The van der Waals surface area contributed by atoms with Crippen molar-refractivity contribution >= 4 is 5.91 Å². The van der Waals surface area contributed by atoms with E-state index in [0.717, 1.165) is 71.9 Å². The lowest BCUT2D eigenvalue weighted by Crippen LogP contribution is -2.48. The van der Waals surface area contributed by atoms with Crippen molar-refractivity contribution in [1.29, 1.82) is 0 Å². The third-order valence-corrected chi connectivity index (χ3v) is 4.15. The number of carbonyl (C=O) groups is 1. The van der Waals surface area contributed by atoms with Gasteiger partial charge in [0.2, 0.25) is 5.91 Å². The summed E-state index contributed by atoms with van der Waals surface area (Å²) in [6.07, 6.45) is 1.05. The van der Waals surface area contributed by atoms with Crippen LogP contribution >= 0.6 is 0 Å². The van der Waals surface area contributed by atoms with Crippen LogP contribution in [0.25, 0.3) is 0 Å². The van der Waals surface area contributed by atoms with Gasteiger partial charge in [-0.05, 0) is 20.0 Å². The van der Waals surface area contributed by atoms with E-state index in [9.17, 15) is 4.79 Å². The molecular weight excluding hydrogens is 254 g/mol. The Morgan fingerprint density at radius 2 is 1.75 bits per heavy atom. The van der Waals surface area contributed by atoms with Gasteiger partial charge in [-0.2, -0.15) is 0 Å². The minimum absolute atomic E-state index is 0.172. The van der Waals surface area contributed by atoms with Crippen molar-refractivity contribution in [2.24, 2.45) is 0 Å². The Hall–Kier alpha value is -0.690. The summed E-state index contributed by atoms with van der Waals surface area (Å²) in [6, 6.07) is 0. The van der Waals surface area contributed by atoms with Crippen molar-refractivity contribution in [3.8, 4) is 0 Å². The summed E-state index contributed by atoms with van der Waals surface area (Å²) in [4.78, 5) is 18.9. The lowest BCUT2D eigenvalue weighted by Gasteiger charge is -2.32. The summed E-state index contributed by atoms with van der Waals surface area (Å²) in [5, 5.41) is 6.34. The van der Waals surface area contributed by atoms with E-state index in [1.54, 1.807) is 0 Å². The Morgan fingerprint density at radius 1 is 1.05 bits per heavy atom. The van der Waals surface area contributed by atoms with Gasteiger partial charge in [-0.15, -0.1) is 0 Å². The maximum Gasteiger partial charge on any atom is 0.234 e. The van der Waals surface area contributed by atoms with Crippen molar-refractivity contribution in [2.45, 2.75) is 6.42 Å². The van der Waals surface area contributed by atoms with E-state index < -0.39 is 0 Å². The van der Waals surface area contributed by atoms with Crippen LogP contribution in [-0.4, -0.2) is 99.6 Å². The summed E-state index contributed by atoms with van der Waals surface area (Å²) < 4.78 is 0. The SMILES string of the molecule is CN1CCN(CCCNC(=O)CN2CCNCC2)CC1. The molecule has 0 aromatic rings. The van der Waals surface area contributed by atoms with Gasteiger partial charge in [0.15, 0.2) is 0 Å². The first-order valence-corrected chi connectivity index (χ1v) is 7.85. The molecule has 0 spiro atoms. The van der Waals surface area contributed by atoms with Crippen molar-refractivity contribution in [1.82, 2.24) is 25.3 Å². The summed E-state index contributed by atoms with van der Waals surface area (Å²) in [5.41, 5.74) is 0. The highest BCUT2D eigenvalue weighted by Gasteiger charge is 2.14. The lowest BCUT2D eigenvalue weighted by atomic mass is 10.3. The molecular formula is C14H29N5O. The van der Waals surface area contributed by atoms with Crippen LogP contribution in [0.2, 0.25) is 0 Å². The van der Waals surface area contributed by atoms with Crippen molar-refractivity contribution < 1.29 is 4.79 Å². The zero-order valence-electron chi connectivity index (χ0n) is 12.7. The van der Waals surface area contributed by atoms with Crippen molar-refractivity contribution in [3.63, 3.8) is 0 Å². The minimum atomic E-state index is 0.172. The van der Waals surface area contributed by atoms with Crippen molar-refractivity contribution in [2.75, 3.05) is 79.0 Å². The van der Waals surface area contributed by atoms with Gasteiger partial charge in [0.05, 0.1) is 6.54 Å². The normalized spacial score (nSPS) is 22.9. The van der Waals surface area contributed by atoms with E-state index in [4.69, 9.17) is 0 Å². The maximum absolute atomic E-state index is 11.8. The number of rotatable bonds is 6. The Kier molecular flexibility index (Phi) is 6.72. The van der Waals surface area contributed by atoms with Crippen LogP contribution in [0.5, 0.6) is 0 Å². The zero-order valence-corrected chi connectivity index (χ0v) is 12.7. The molecule has 1 amide bonds. The van der Waals surface area contributed by atoms with Crippen LogP contribution in [0.4, 0.5) is 0 Å². The van der Waals surface area contributed by atoms with Crippen LogP contribution in [0.15, 0.2) is 0 Å². The number of piperazine rings is 2. The molecule has 0 aromatic carbocycles. The fourth-order valence-corrected chi connectivity index (χ4v) is 2.73. The van der Waals surface area contributed by atoms with E-state index in [2.05, 4.69) is 32.4 Å². The number of nitrogens with zero attached hydrogens (tertiary/aromatic N) is 3. The minimum Gasteiger partial charge on any atom is -0.355 e. The first-order valence-electron chi connectivity index (χ1n) is 7.85. The van der Waals surface area contributed by atoms with Gasteiger partial charge in [0.25, 0.3) is 0 Å². The number of amides is 1. The van der Waals surface area contributed by atoms with Crippen LogP contribution < -0.4 is 10.6 Å². The molecule has 0 saturated carbocycles. The van der Waals surface area contributed by atoms with Crippen LogP contribution in [0.1, 0.15) is 6.42 Å². The molecule has 0 radical (unpaired) electrons. The monoisotopic (exact) mass is 283 g/mol. The number of likely N-dealkylation sites (N-methyl/N-ethyl adjacent to an activating group) is 1. The summed E-state index contributed by atoms with van der Waals surface area (Å²) >= 11 is 0. The fraction of sp³-hybridized carbons (Fsp3) is 0.929. The molecule has 2 aliphatic heterocycles. The second kappa shape index (κ2) is 8.56. The highest BCUT2D eigenvalue weighted by atomic mass is 16.2. The van der Waals surface area contributed by atoms with E-state index >= 15 is 0 Å². The molecule has 0 atom stereocenters. The molecule has 2 heterocycles. The molecule has 6 heteroatoms. The van der Waals surface area contributed by atoms with Gasteiger partial charge in [-0.1, -0.05) is 0 Å². The second-order valence-electron chi connectivity index (χ2n) is 5.87. The predicted octanol–water partition coefficient (Wildman–Crippen LogP) is -1.35. The highest BCUT2D eigenvalue weighted by molar-refractivity contribution is 5.77. The Labute approximate surface area is 122 Å².